The summed E-state index contributed by atoms with van der Waals surface area (Å²) in [5, 5.41) is 4.13. The summed E-state index contributed by atoms with van der Waals surface area (Å²) in [7, 11) is -3.54. The number of rotatable bonds is 5. The van der Waals surface area contributed by atoms with Crippen molar-refractivity contribution in [1.29, 1.82) is 0 Å². The first-order valence-corrected chi connectivity index (χ1v) is 9.92. The highest BCUT2D eigenvalue weighted by Gasteiger charge is 2.38. The summed E-state index contributed by atoms with van der Waals surface area (Å²) in [4.78, 5) is 0.395. The van der Waals surface area contributed by atoms with Crippen molar-refractivity contribution in [3.8, 4) is 0 Å². The molecule has 2 aromatic rings. The van der Waals surface area contributed by atoms with E-state index in [2.05, 4.69) is 12.1 Å². The van der Waals surface area contributed by atoms with Gasteiger partial charge >= 0.3 is 0 Å². The van der Waals surface area contributed by atoms with Crippen molar-refractivity contribution in [2.45, 2.75) is 57.4 Å². The summed E-state index contributed by atoms with van der Waals surface area (Å²) >= 11 is 0. The monoisotopic (exact) mass is 348 g/mol. The van der Waals surface area contributed by atoms with Crippen LogP contribution in [0, 0.1) is 13.8 Å². The normalized spacial score (nSPS) is 19.0. The predicted molar refractivity (Wildman–Crippen MR) is 92.3 cm³/mol. The van der Waals surface area contributed by atoms with Crippen LogP contribution in [0.25, 0.3) is 0 Å². The number of hydrogen-bond donors (Lipinski definition) is 0. The van der Waals surface area contributed by atoms with Crippen LogP contribution in [0.1, 0.15) is 54.8 Å². The van der Waals surface area contributed by atoms with Gasteiger partial charge in [-0.1, -0.05) is 24.2 Å². The molecule has 5 nitrogen and oxygen atoms in total. The van der Waals surface area contributed by atoms with E-state index < -0.39 is 10.0 Å². The van der Waals surface area contributed by atoms with Gasteiger partial charge < -0.3 is 4.52 Å². The first-order chi connectivity index (χ1) is 11.4. The summed E-state index contributed by atoms with van der Waals surface area (Å²) in [5.74, 6) is 0.823. The van der Waals surface area contributed by atoms with Gasteiger partial charge in [-0.05, 0) is 50.3 Å². The molecule has 130 valence electrons. The summed E-state index contributed by atoms with van der Waals surface area (Å²) in [5.41, 5.74) is 2.45. The van der Waals surface area contributed by atoms with E-state index in [1.165, 1.54) is 0 Å². The Hall–Kier alpha value is -1.66. The number of sulfonamides is 1. The van der Waals surface area contributed by atoms with Gasteiger partial charge in [0.1, 0.15) is 11.5 Å². The SMILES string of the molecule is CCCc1cc(C2CCCN2S(=O)(=O)c2cc(C)ccc2C)no1. The Bertz CT molecular complexity index is 827. The average Bonchev–Trinajstić information content (AvgIpc) is 3.18. The van der Waals surface area contributed by atoms with Gasteiger partial charge in [0.05, 0.1) is 10.9 Å². The largest absolute Gasteiger partial charge is 0.361 e. The molecule has 0 amide bonds. The zero-order valence-corrected chi connectivity index (χ0v) is 15.3. The van der Waals surface area contributed by atoms with Crippen molar-refractivity contribution < 1.29 is 12.9 Å². The highest BCUT2D eigenvalue weighted by molar-refractivity contribution is 7.89. The van der Waals surface area contributed by atoms with Crippen LogP contribution in [0.5, 0.6) is 0 Å². The Morgan fingerprint density at radius 3 is 2.83 bits per heavy atom. The second-order valence-corrected chi connectivity index (χ2v) is 8.37. The summed E-state index contributed by atoms with van der Waals surface area (Å²) in [6, 6.07) is 7.23. The van der Waals surface area contributed by atoms with E-state index in [9.17, 15) is 8.42 Å². The van der Waals surface area contributed by atoms with Crippen molar-refractivity contribution in [2.75, 3.05) is 6.54 Å². The van der Waals surface area contributed by atoms with Gasteiger partial charge in [-0.2, -0.15) is 4.31 Å². The number of hydrogen-bond acceptors (Lipinski definition) is 4. The Morgan fingerprint density at radius 2 is 2.08 bits per heavy atom. The van der Waals surface area contributed by atoms with Crippen LogP contribution in [0.15, 0.2) is 33.7 Å². The van der Waals surface area contributed by atoms with Crippen molar-refractivity contribution in [3.05, 3.63) is 46.8 Å². The topological polar surface area (TPSA) is 63.4 Å². The van der Waals surface area contributed by atoms with E-state index >= 15 is 0 Å². The minimum atomic E-state index is -3.54. The molecule has 2 heterocycles. The molecule has 1 aliphatic rings. The van der Waals surface area contributed by atoms with Crippen molar-refractivity contribution >= 4 is 10.0 Å². The maximum Gasteiger partial charge on any atom is 0.243 e. The third kappa shape index (κ3) is 3.13. The van der Waals surface area contributed by atoms with Crippen LogP contribution in [-0.4, -0.2) is 24.4 Å². The first-order valence-electron chi connectivity index (χ1n) is 8.48. The fourth-order valence-corrected chi connectivity index (χ4v) is 5.27. The summed E-state index contributed by atoms with van der Waals surface area (Å²) < 4.78 is 33.3. The standard InChI is InChI=1S/C18H24N2O3S/c1-4-6-15-12-16(19-23-15)17-7-5-10-20(17)24(21,22)18-11-13(2)8-9-14(18)3/h8-9,11-12,17H,4-7,10H2,1-3H3. The molecule has 0 saturated carbocycles. The summed E-state index contributed by atoms with van der Waals surface area (Å²) in [6.45, 7) is 6.35. The van der Waals surface area contributed by atoms with Crippen molar-refractivity contribution in [3.63, 3.8) is 0 Å². The Balaban J connectivity index is 1.95. The first kappa shape index (κ1) is 17.2. The second kappa shape index (κ2) is 6.69. The molecular weight excluding hydrogens is 324 g/mol. The van der Waals surface area contributed by atoms with Crippen molar-refractivity contribution in [2.24, 2.45) is 0 Å². The fraction of sp³-hybridized carbons (Fsp3) is 0.500. The molecule has 1 fully saturated rings. The second-order valence-electron chi connectivity index (χ2n) is 6.51. The fourth-order valence-electron chi connectivity index (χ4n) is 3.29. The van der Waals surface area contributed by atoms with Gasteiger partial charge in [0.2, 0.25) is 10.0 Å². The molecule has 1 aromatic carbocycles. The molecule has 1 atom stereocenters. The minimum absolute atomic E-state index is 0.232. The highest BCUT2D eigenvalue weighted by Crippen LogP contribution is 2.37. The van der Waals surface area contributed by atoms with Crippen LogP contribution in [0.4, 0.5) is 0 Å². The highest BCUT2D eigenvalue weighted by atomic mass is 32.2. The van der Waals surface area contributed by atoms with E-state index in [1.807, 2.05) is 32.0 Å². The van der Waals surface area contributed by atoms with E-state index in [0.29, 0.717) is 11.4 Å². The van der Waals surface area contributed by atoms with Crippen LogP contribution in [0.3, 0.4) is 0 Å². The maximum absolute atomic E-state index is 13.2. The Labute approximate surface area is 143 Å². The summed E-state index contributed by atoms with van der Waals surface area (Å²) in [6.07, 6.45) is 3.42. The lowest BCUT2D eigenvalue weighted by atomic mass is 10.1. The smallest absolute Gasteiger partial charge is 0.243 e. The molecule has 0 aliphatic carbocycles. The van der Waals surface area contributed by atoms with Crippen LogP contribution in [0.2, 0.25) is 0 Å². The molecule has 3 rings (SSSR count). The molecule has 0 spiro atoms. The van der Waals surface area contributed by atoms with E-state index in [0.717, 1.165) is 48.3 Å². The van der Waals surface area contributed by atoms with Gasteiger partial charge in [-0.25, -0.2) is 8.42 Å². The maximum atomic E-state index is 13.2. The predicted octanol–water partition coefficient (Wildman–Crippen LogP) is 3.77. The molecule has 6 heteroatoms. The number of aryl methyl sites for hydroxylation is 3. The lowest BCUT2D eigenvalue weighted by molar-refractivity contribution is 0.343. The van der Waals surface area contributed by atoms with Gasteiger partial charge in [0.15, 0.2) is 0 Å². The lowest BCUT2D eigenvalue weighted by Crippen LogP contribution is -2.31. The molecule has 1 aromatic heterocycles. The minimum Gasteiger partial charge on any atom is -0.361 e. The van der Waals surface area contributed by atoms with Crippen LogP contribution < -0.4 is 0 Å². The van der Waals surface area contributed by atoms with E-state index in [1.54, 1.807) is 10.4 Å². The number of nitrogens with zero attached hydrogens (tertiary/aromatic N) is 2. The Kier molecular flexibility index (Phi) is 4.78. The molecule has 1 saturated heterocycles. The molecule has 24 heavy (non-hydrogen) atoms. The lowest BCUT2D eigenvalue weighted by Gasteiger charge is -2.23. The zero-order chi connectivity index (χ0) is 17.3. The number of aromatic nitrogens is 1. The third-order valence-electron chi connectivity index (χ3n) is 4.55. The zero-order valence-electron chi connectivity index (χ0n) is 14.4. The van der Waals surface area contributed by atoms with E-state index in [-0.39, 0.29) is 6.04 Å². The molecular formula is C18H24N2O3S. The van der Waals surface area contributed by atoms with Gasteiger partial charge in [-0.15, -0.1) is 0 Å². The molecule has 0 bridgehead atoms. The quantitative estimate of drug-likeness (QED) is 0.825. The number of benzene rings is 1. The van der Waals surface area contributed by atoms with Crippen LogP contribution in [-0.2, 0) is 16.4 Å². The van der Waals surface area contributed by atoms with Gasteiger partial charge in [-0.3, -0.25) is 0 Å². The van der Waals surface area contributed by atoms with E-state index in [4.69, 9.17) is 4.52 Å². The average molecular weight is 348 g/mol. The van der Waals surface area contributed by atoms with Crippen LogP contribution >= 0.6 is 0 Å². The molecule has 0 radical (unpaired) electrons. The Morgan fingerprint density at radius 1 is 1.29 bits per heavy atom. The van der Waals surface area contributed by atoms with Gasteiger partial charge in [0, 0.05) is 19.0 Å². The molecule has 1 unspecified atom stereocenters. The molecule has 0 N–H and O–H groups in total. The van der Waals surface area contributed by atoms with Crippen molar-refractivity contribution in [1.82, 2.24) is 9.46 Å². The molecule has 1 aliphatic heterocycles. The third-order valence-corrected chi connectivity index (χ3v) is 6.60. The van der Waals surface area contributed by atoms with Gasteiger partial charge in [0.25, 0.3) is 0 Å².